The van der Waals surface area contributed by atoms with E-state index in [-0.39, 0.29) is 5.56 Å². The quantitative estimate of drug-likeness (QED) is 0.682. The highest BCUT2D eigenvalue weighted by Crippen LogP contribution is 2.02. The number of rotatable bonds is 5. The van der Waals surface area contributed by atoms with Crippen molar-refractivity contribution >= 4 is 17.8 Å². The van der Waals surface area contributed by atoms with Crippen LogP contribution >= 0.6 is 0 Å². The monoisotopic (exact) mass is 239 g/mol. The van der Waals surface area contributed by atoms with Crippen LogP contribution in [0.2, 0.25) is 0 Å². The third-order valence-electron chi connectivity index (χ3n) is 1.77. The number of hydrogen-bond donors (Lipinski definition) is 2. The fraction of sp³-hybridized carbons (Fsp3) is 0.222. The molecule has 0 saturated carbocycles. The molecule has 0 aliphatic rings. The summed E-state index contributed by atoms with van der Waals surface area (Å²) in [6.45, 7) is -1.37. The molecule has 8 nitrogen and oxygen atoms in total. The highest BCUT2D eigenvalue weighted by Gasteiger charge is 2.21. The van der Waals surface area contributed by atoms with Gasteiger partial charge < -0.3 is 15.1 Å². The average Bonchev–Trinajstić information content (AvgIpc) is 2.27. The van der Waals surface area contributed by atoms with E-state index in [9.17, 15) is 14.4 Å². The SMILES string of the molecule is O=C(O)CN(CC(=O)O)C(=O)c1ccnnc1. The van der Waals surface area contributed by atoms with E-state index < -0.39 is 30.9 Å². The first-order chi connectivity index (χ1) is 8.00. The Morgan fingerprint density at radius 2 is 1.71 bits per heavy atom. The molecule has 0 atom stereocenters. The van der Waals surface area contributed by atoms with Crippen LogP contribution in [0.25, 0.3) is 0 Å². The van der Waals surface area contributed by atoms with Crippen molar-refractivity contribution in [2.45, 2.75) is 0 Å². The molecule has 90 valence electrons. The van der Waals surface area contributed by atoms with Gasteiger partial charge in [-0.05, 0) is 6.07 Å². The molecule has 0 aliphatic heterocycles. The Kier molecular flexibility index (Phi) is 4.09. The van der Waals surface area contributed by atoms with Crippen molar-refractivity contribution in [3.63, 3.8) is 0 Å². The van der Waals surface area contributed by atoms with Crippen LogP contribution in [0.3, 0.4) is 0 Å². The maximum Gasteiger partial charge on any atom is 0.323 e. The van der Waals surface area contributed by atoms with Crippen LogP contribution < -0.4 is 0 Å². The molecule has 8 heteroatoms. The molecule has 0 radical (unpaired) electrons. The zero-order valence-corrected chi connectivity index (χ0v) is 8.61. The normalized spacial score (nSPS) is 9.65. The molecule has 0 unspecified atom stereocenters. The molecular weight excluding hydrogens is 230 g/mol. The first kappa shape index (κ1) is 12.6. The van der Waals surface area contributed by atoms with Gasteiger partial charge >= 0.3 is 11.9 Å². The van der Waals surface area contributed by atoms with Crippen molar-refractivity contribution in [3.05, 3.63) is 24.0 Å². The van der Waals surface area contributed by atoms with Crippen LogP contribution in [0.15, 0.2) is 18.5 Å². The standard InChI is InChI=1S/C9H9N3O5/c13-7(14)4-12(5-8(15)16)9(17)6-1-2-10-11-3-6/h1-3H,4-5H2,(H,13,14)(H,15,16). The second kappa shape index (κ2) is 5.54. The lowest BCUT2D eigenvalue weighted by atomic mass is 10.2. The number of carboxylic acids is 2. The number of amides is 1. The maximum atomic E-state index is 11.7. The van der Waals surface area contributed by atoms with E-state index in [0.29, 0.717) is 4.90 Å². The van der Waals surface area contributed by atoms with Gasteiger partial charge in [-0.2, -0.15) is 10.2 Å². The van der Waals surface area contributed by atoms with Gasteiger partial charge in [-0.25, -0.2) is 0 Å². The molecular formula is C9H9N3O5. The molecule has 0 spiro atoms. The third-order valence-corrected chi connectivity index (χ3v) is 1.77. The summed E-state index contributed by atoms with van der Waals surface area (Å²) in [5.41, 5.74) is 0.0856. The molecule has 1 amide bonds. The molecule has 1 rings (SSSR count). The van der Waals surface area contributed by atoms with E-state index in [1.807, 2.05) is 0 Å². The van der Waals surface area contributed by atoms with Crippen molar-refractivity contribution in [2.24, 2.45) is 0 Å². The Balaban J connectivity index is 2.86. The topological polar surface area (TPSA) is 121 Å². The Hall–Kier alpha value is -2.51. The zero-order chi connectivity index (χ0) is 12.8. The summed E-state index contributed by atoms with van der Waals surface area (Å²) in [4.78, 5) is 33.5. The van der Waals surface area contributed by atoms with Gasteiger partial charge in [0.2, 0.25) is 0 Å². The van der Waals surface area contributed by atoms with Gasteiger partial charge in [0, 0.05) is 0 Å². The van der Waals surface area contributed by atoms with Crippen molar-refractivity contribution < 1.29 is 24.6 Å². The number of aliphatic carboxylic acids is 2. The molecule has 0 aliphatic carbocycles. The van der Waals surface area contributed by atoms with E-state index in [1.165, 1.54) is 12.3 Å². The summed E-state index contributed by atoms with van der Waals surface area (Å²) in [6.07, 6.45) is 2.39. The van der Waals surface area contributed by atoms with Crippen molar-refractivity contribution in [3.8, 4) is 0 Å². The molecule has 1 aromatic rings. The number of carbonyl (C=O) groups is 3. The summed E-state index contributed by atoms with van der Waals surface area (Å²) in [5.74, 6) is -3.30. The largest absolute Gasteiger partial charge is 0.480 e. The van der Waals surface area contributed by atoms with E-state index in [2.05, 4.69) is 10.2 Å². The van der Waals surface area contributed by atoms with Crippen molar-refractivity contribution in [2.75, 3.05) is 13.1 Å². The van der Waals surface area contributed by atoms with Gasteiger partial charge in [-0.1, -0.05) is 0 Å². The Bertz CT molecular complexity index is 418. The molecule has 0 saturated heterocycles. The smallest absolute Gasteiger partial charge is 0.323 e. The van der Waals surface area contributed by atoms with Crippen molar-refractivity contribution in [1.29, 1.82) is 0 Å². The highest BCUT2D eigenvalue weighted by molar-refractivity contribution is 5.97. The van der Waals surface area contributed by atoms with Crippen LogP contribution in [-0.4, -0.2) is 56.2 Å². The number of nitrogens with zero attached hydrogens (tertiary/aromatic N) is 3. The lowest BCUT2D eigenvalue weighted by molar-refractivity contribution is -0.140. The number of aromatic nitrogens is 2. The van der Waals surface area contributed by atoms with Gasteiger partial charge in [0.1, 0.15) is 13.1 Å². The summed E-state index contributed by atoms with van der Waals surface area (Å²) >= 11 is 0. The summed E-state index contributed by atoms with van der Waals surface area (Å²) in [5, 5.41) is 24.1. The number of carboxylic acid groups (broad SMARTS) is 2. The van der Waals surface area contributed by atoms with Crippen molar-refractivity contribution in [1.82, 2.24) is 15.1 Å². The van der Waals surface area contributed by atoms with Gasteiger partial charge in [0.25, 0.3) is 5.91 Å². The van der Waals surface area contributed by atoms with Gasteiger partial charge in [-0.3, -0.25) is 14.4 Å². The van der Waals surface area contributed by atoms with E-state index in [1.54, 1.807) is 0 Å². The highest BCUT2D eigenvalue weighted by atomic mass is 16.4. The zero-order valence-electron chi connectivity index (χ0n) is 8.61. The van der Waals surface area contributed by atoms with Gasteiger partial charge in [0.15, 0.2) is 0 Å². The van der Waals surface area contributed by atoms with Crippen LogP contribution in [0.5, 0.6) is 0 Å². The minimum absolute atomic E-state index is 0.0856. The predicted octanol–water partition coefficient (Wildman–Crippen LogP) is -0.912. The fourth-order valence-electron chi connectivity index (χ4n) is 1.13. The average molecular weight is 239 g/mol. The van der Waals surface area contributed by atoms with E-state index in [4.69, 9.17) is 10.2 Å². The maximum absolute atomic E-state index is 11.7. The first-order valence-electron chi connectivity index (χ1n) is 4.50. The van der Waals surface area contributed by atoms with Crippen LogP contribution in [0.1, 0.15) is 10.4 Å². The molecule has 0 bridgehead atoms. The Morgan fingerprint density at radius 3 is 2.12 bits per heavy atom. The molecule has 2 N–H and O–H groups in total. The second-order valence-corrected chi connectivity index (χ2v) is 3.08. The first-order valence-corrected chi connectivity index (χ1v) is 4.50. The minimum Gasteiger partial charge on any atom is -0.480 e. The minimum atomic E-state index is -1.29. The van der Waals surface area contributed by atoms with Crippen LogP contribution in [0, 0.1) is 0 Å². The summed E-state index contributed by atoms with van der Waals surface area (Å²) < 4.78 is 0. The second-order valence-electron chi connectivity index (χ2n) is 3.08. The Labute approximate surface area is 95.5 Å². The third kappa shape index (κ3) is 3.86. The fourth-order valence-corrected chi connectivity index (χ4v) is 1.13. The molecule has 17 heavy (non-hydrogen) atoms. The number of carbonyl (C=O) groups excluding carboxylic acids is 1. The molecule has 1 aromatic heterocycles. The van der Waals surface area contributed by atoms with E-state index >= 15 is 0 Å². The van der Waals surface area contributed by atoms with E-state index in [0.717, 1.165) is 6.20 Å². The lowest BCUT2D eigenvalue weighted by Gasteiger charge is -2.17. The molecule has 0 fully saturated rings. The molecule has 0 aromatic carbocycles. The van der Waals surface area contributed by atoms with Gasteiger partial charge in [-0.15, -0.1) is 0 Å². The molecule has 1 heterocycles. The predicted molar refractivity (Wildman–Crippen MR) is 53.2 cm³/mol. The Morgan fingerprint density at radius 1 is 1.12 bits per heavy atom. The van der Waals surface area contributed by atoms with Crippen LogP contribution in [0.4, 0.5) is 0 Å². The number of hydrogen-bond acceptors (Lipinski definition) is 5. The van der Waals surface area contributed by atoms with Gasteiger partial charge in [0.05, 0.1) is 18.0 Å². The van der Waals surface area contributed by atoms with Crippen LogP contribution in [-0.2, 0) is 9.59 Å². The lowest BCUT2D eigenvalue weighted by Crippen LogP contribution is -2.39. The summed E-state index contributed by atoms with van der Waals surface area (Å²) in [7, 11) is 0. The summed E-state index contributed by atoms with van der Waals surface area (Å²) in [6, 6.07) is 1.33.